The van der Waals surface area contributed by atoms with Gasteiger partial charge in [0.05, 0.1) is 30.8 Å². The van der Waals surface area contributed by atoms with E-state index >= 15 is 0 Å². The molecule has 5 nitrogen and oxygen atoms in total. The average Bonchev–Trinajstić information content (AvgIpc) is 3.17. The van der Waals surface area contributed by atoms with Gasteiger partial charge in [0.1, 0.15) is 0 Å². The highest BCUT2D eigenvalue weighted by atomic mass is 32.1. The number of hydrogen-bond acceptors (Lipinski definition) is 5. The third-order valence-electron chi connectivity index (χ3n) is 5.40. The monoisotopic (exact) mass is 438 g/mol. The van der Waals surface area contributed by atoms with Gasteiger partial charge in [0, 0.05) is 35.9 Å². The van der Waals surface area contributed by atoms with Crippen molar-refractivity contribution in [1.82, 2.24) is 10.2 Å². The van der Waals surface area contributed by atoms with Crippen LogP contribution in [0.15, 0.2) is 54.6 Å². The zero-order chi connectivity index (χ0) is 21.6. The van der Waals surface area contributed by atoms with E-state index in [0.29, 0.717) is 19.8 Å². The molecule has 1 fully saturated rings. The summed E-state index contributed by atoms with van der Waals surface area (Å²) in [5.74, 6) is -0.0156. The van der Waals surface area contributed by atoms with E-state index in [1.165, 1.54) is 5.56 Å². The van der Waals surface area contributed by atoms with Crippen LogP contribution in [-0.4, -0.2) is 49.7 Å². The number of morpholine rings is 1. The number of rotatable bonds is 8. The van der Waals surface area contributed by atoms with E-state index in [-0.39, 0.29) is 18.1 Å². The molecule has 0 saturated carbocycles. The Morgan fingerprint density at radius 1 is 1.19 bits per heavy atom. The van der Waals surface area contributed by atoms with Gasteiger partial charge in [0.15, 0.2) is 0 Å². The molecule has 2 heterocycles. The number of benzene rings is 2. The lowest BCUT2D eigenvalue weighted by Crippen LogP contribution is -2.40. The van der Waals surface area contributed by atoms with Gasteiger partial charge in [-0.3, -0.25) is 9.69 Å². The van der Waals surface area contributed by atoms with E-state index in [2.05, 4.69) is 34.5 Å². The number of thiophene rings is 1. The van der Waals surface area contributed by atoms with Gasteiger partial charge in [0.25, 0.3) is 5.91 Å². The van der Waals surface area contributed by atoms with Crippen LogP contribution in [0.4, 0.5) is 0 Å². The van der Waals surface area contributed by atoms with Crippen LogP contribution in [0.3, 0.4) is 0 Å². The summed E-state index contributed by atoms with van der Waals surface area (Å²) in [5.41, 5.74) is 2.21. The van der Waals surface area contributed by atoms with E-state index in [4.69, 9.17) is 9.47 Å². The maximum Gasteiger partial charge on any atom is 0.261 e. The molecule has 3 aromatic rings. The van der Waals surface area contributed by atoms with Gasteiger partial charge in [-0.25, -0.2) is 0 Å². The number of ether oxygens (including phenoxy) is 2. The zero-order valence-electron chi connectivity index (χ0n) is 18.2. The average molecular weight is 439 g/mol. The second-order valence-electron chi connectivity index (χ2n) is 8.17. The molecule has 31 heavy (non-hydrogen) atoms. The van der Waals surface area contributed by atoms with Crippen molar-refractivity contribution in [2.45, 2.75) is 32.6 Å². The Morgan fingerprint density at radius 3 is 2.77 bits per heavy atom. The van der Waals surface area contributed by atoms with Crippen molar-refractivity contribution in [2.75, 3.05) is 32.8 Å². The molecular formula is C25H30N2O3S. The van der Waals surface area contributed by atoms with Gasteiger partial charge in [-0.1, -0.05) is 48.5 Å². The summed E-state index contributed by atoms with van der Waals surface area (Å²) < 4.78 is 13.2. The number of carbonyl (C=O) groups is 1. The van der Waals surface area contributed by atoms with Crippen molar-refractivity contribution in [3.05, 3.63) is 70.6 Å². The largest absolute Gasteiger partial charge is 0.375 e. The molecule has 1 aliphatic rings. The van der Waals surface area contributed by atoms with Crippen molar-refractivity contribution in [3.63, 3.8) is 0 Å². The lowest BCUT2D eigenvalue weighted by atomic mass is 10.0. The number of hydrogen-bond donors (Lipinski definition) is 1. The lowest BCUT2D eigenvalue weighted by Gasteiger charge is -2.33. The van der Waals surface area contributed by atoms with Gasteiger partial charge in [-0.05, 0) is 30.9 Å². The summed E-state index contributed by atoms with van der Waals surface area (Å²) in [4.78, 5) is 16.1. The van der Waals surface area contributed by atoms with Crippen molar-refractivity contribution in [1.29, 1.82) is 0 Å². The fourth-order valence-electron chi connectivity index (χ4n) is 3.92. The van der Waals surface area contributed by atoms with E-state index in [1.807, 2.05) is 44.2 Å². The van der Waals surface area contributed by atoms with Crippen molar-refractivity contribution < 1.29 is 14.3 Å². The van der Waals surface area contributed by atoms with E-state index in [9.17, 15) is 4.79 Å². The number of amides is 1. The second kappa shape index (κ2) is 10.4. The number of nitrogens with one attached hydrogen (secondary N) is 1. The molecular weight excluding hydrogens is 408 g/mol. The fourth-order valence-corrected chi connectivity index (χ4v) is 5.08. The first-order valence-corrected chi connectivity index (χ1v) is 11.7. The molecule has 0 bridgehead atoms. The molecule has 1 aliphatic heterocycles. The molecule has 0 spiro atoms. The van der Waals surface area contributed by atoms with Gasteiger partial charge in [0.2, 0.25) is 0 Å². The maximum absolute atomic E-state index is 12.9. The molecule has 1 N–H and O–H groups in total. The van der Waals surface area contributed by atoms with Crippen molar-refractivity contribution >= 4 is 27.3 Å². The van der Waals surface area contributed by atoms with Gasteiger partial charge >= 0.3 is 0 Å². The Labute approximate surface area is 188 Å². The summed E-state index contributed by atoms with van der Waals surface area (Å²) in [7, 11) is 0. The first-order valence-electron chi connectivity index (χ1n) is 10.9. The van der Waals surface area contributed by atoms with Crippen molar-refractivity contribution in [3.8, 4) is 0 Å². The Morgan fingerprint density at radius 2 is 1.97 bits per heavy atom. The smallest absolute Gasteiger partial charge is 0.261 e. The van der Waals surface area contributed by atoms with Crippen LogP contribution in [0.25, 0.3) is 10.1 Å². The molecule has 4 rings (SSSR count). The Hall–Kier alpha value is -2.25. The quantitative estimate of drug-likeness (QED) is 0.521. The van der Waals surface area contributed by atoms with Crippen LogP contribution < -0.4 is 5.32 Å². The topological polar surface area (TPSA) is 50.8 Å². The van der Waals surface area contributed by atoms with Gasteiger partial charge < -0.3 is 14.8 Å². The molecule has 164 valence electrons. The normalized spacial score (nSPS) is 17.3. The molecule has 1 atom stereocenters. The number of fused-ring (bicyclic) bond motifs is 1. The number of carbonyl (C=O) groups excluding carboxylic acids is 1. The van der Waals surface area contributed by atoms with E-state index < -0.39 is 0 Å². The summed E-state index contributed by atoms with van der Waals surface area (Å²) in [6, 6.07) is 18.6. The minimum atomic E-state index is -0.119. The molecule has 0 unspecified atom stereocenters. The Bertz CT molecular complexity index is 1000. The minimum Gasteiger partial charge on any atom is -0.375 e. The summed E-state index contributed by atoms with van der Waals surface area (Å²) in [6.07, 6.45) is -0.119. The lowest BCUT2D eigenvalue weighted by molar-refractivity contribution is -0.0381. The third kappa shape index (κ3) is 5.52. The van der Waals surface area contributed by atoms with Crippen LogP contribution >= 0.6 is 11.3 Å². The highest BCUT2D eigenvalue weighted by Crippen LogP contribution is 2.38. The van der Waals surface area contributed by atoms with Gasteiger partial charge in [-0.2, -0.15) is 0 Å². The van der Waals surface area contributed by atoms with Crippen LogP contribution in [0.2, 0.25) is 0 Å². The predicted octanol–water partition coefficient (Wildman–Crippen LogP) is 4.63. The SMILES string of the molecule is CC(C)NC(=O)c1sc2ccccc2c1[C@@H]1CN(CCOCc2ccccc2)CCO1. The Kier molecular flexibility index (Phi) is 7.35. The standard InChI is InChI=1S/C25H30N2O3S/c1-18(2)26-25(28)24-23(20-10-6-7-11-22(20)31-24)21-16-27(13-15-30-21)12-14-29-17-19-8-4-3-5-9-19/h3-11,18,21H,12-17H2,1-2H3,(H,26,28)/t21-/m0/s1. The van der Waals surface area contributed by atoms with E-state index in [0.717, 1.165) is 40.2 Å². The van der Waals surface area contributed by atoms with Crippen LogP contribution in [-0.2, 0) is 16.1 Å². The van der Waals surface area contributed by atoms with E-state index in [1.54, 1.807) is 11.3 Å². The van der Waals surface area contributed by atoms with Gasteiger partial charge in [-0.15, -0.1) is 11.3 Å². The molecule has 0 aliphatic carbocycles. The third-order valence-corrected chi connectivity index (χ3v) is 6.58. The zero-order valence-corrected chi connectivity index (χ0v) is 19.0. The summed E-state index contributed by atoms with van der Waals surface area (Å²) in [6.45, 7) is 8.41. The molecule has 1 amide bonds. The molecule has 2 aromatic carbocycles. The first kappa shape index (κ1) is 22.0. The van der Waals surface area contributed by atoms with Crippen molar-refractivity contribution in [2.24, 2.45) is 0 Å². The van der Waals surface area contributed by atoms with Crippen LogP contribution in [0.5, 0.6) is 0 Å². The number of nitrogens with zero attached hydrogens (tertiary/aromatic N) is 1. The summed E-state index contributed by atoms with van der Waals surface area (Å²) >= 11 is 1.55. The Balaban J connectivity index is 1.44. The molecule has 6 heteroatoms. The molecule has 0 radical (unpaired) electrons. The van der Waals surface area contributed by atoms with Crippen LogP contribution in [0.1, 0.15) is 40.8 Å². The fraction of sp³-hybridized carbons (Fsp3) is 0.400. The minimum absolute atomic E-state index is 0.0156. The maximum atomic E-state index is 12.9. The summed E-state index contributed by atoms with van der Waals surface area (Å²) in [5, 5.41) is 4.17. The highest BCUT2D eigenvalue weighted by molar-refractivity contribution is 7.21. The first-order chi connectivity index (χ1) is 15.1. The second-order valence-corrected chi connectivity index (χ2v) is 9.22. The highest BCUT2D eigenvalue weighted by Gasteiger charge is 2.29. The van der Waals surface area contributed by atoms with Crippen LogP contribution in [0, 0.1) is 0 Å². The molecule has 1 saturated heterocycles. The predicted molar refractivity (Wildman–Crippen MR) is 126 cm³/mol. The molecule has 1 aromatic heterocycles.